The van der Waals surface area contributed by atoms with Crippen molar-refractivity contribution in [2.24, 2.45) is 5.92 Å². The number of nitrogens with one attached hydrogen (secondary N) is 1. The predicted octanol–water partition coefficient (Wildman–Crippen LogP) is 3.68. The Balaban J connectivity index is 2.97. The predicted molar refractivity (Wildman–Crippen MR) is 81.5 cm³/mol. The van der Waals surface area contributed by atoms with Crippen LogP contribution in [-0.4, -0.2) is 19.8 Å². The maximum atomic E-state index is 13.7. The van der Waals surface area contributed by atoms with Crippen LogP contribution in [0.4, 0.5) is 4.39 Å². The minimum atomic E-state index is -3.84. The summed E-state index contributed by atoms with van der Waals surface area (Å²) >= 11 is 6.37. The van der Waals surface area contributed by atoms with E-state index in [-0.39, 0.29) is 10.9 Å². The van der Waals surface area contributed by atoms with E-state index in [0.717, 1.165) is 6.07 Å². The fourth-order valence-electron chi connectivity index (χ4n) is 1.69. The topological polar surface area (TPSA) is 46.2 Å². The molecule has 0 aromatic heterocycles. The molecular weight excluding hydrogens is 401 g/mol. The minimum absolute atomic E-state index is 0.256. The molecule has 0 heterocycles. The van der Waals surface area contributed by atoms with E-state index in [9.17, 15) is 12.8 Å². The van der Waals surface area contributed by atoms with Crippen LogP contribution in [0.2, 0.25) is 0 Å². The highest BCUT2D eigenvalue weighted by atomic mass is 79.9. The second kappa shape index (κ2) is 7.15. The molecule has 0 aliphatic carbocycles. The highest BCUT2D eigenvalue weighted by Crippen LogP contribution is 2.20. The number of hydrogen-bond acceptors (Lipinski definition) is 2. The van der Waals surface area contributed by atoms with Crippen LogP contribution in [0.25, 0.3) is 0 Å². The van der Waals surface area contributed by atoms with Crippen molar-refractivity contribution in [3.05, 3.63) is 28.5 Å². The molecule has 1 rings (SSSR count). The van der Waals surface area contributed by atoms with Crippen molar-refractivity contribution in [2.45, 2.75) is 31.2 Å². The molecule has 0 radical (unpaired) electrons. The van der Waals surface area contributed by atoms with Crippen molar-refractivity contribution in [3.8, 4) is 0 Å². The molecule has 1 unspecified atom stereocenters. The fraction of sp³-hybridized carbons (Fsp3) is 0.500. The molecule has 7 heteroatoms. The van der Waals surface area contributed by atoms with Crippen molar-refractivity contribution < 1.29 is 12.8 Å². The van der Waals surface area contributed by atoms with Gasteiger partial charge in [-0.25, -0.2) is 17.5 Å². The van der Waals surface area contributed by atoms with E-state index in [1.165, 1.54) is 12.1 Å². The van der Waals surface area contributed by atoms with Crippen LogP contribution >= 0.6 is 31.9 Å². The zero-order valence-corrected chi connectivity index (χ0v) is 14.6. The largest absolute Gasteiger partial charge is 0.243 e. The molecule has 0 spiro atoms. The second-order valence-electron chi connectivity index (χ2n) is 4.68. The van der Waals surface area contributed by atoms with E-state index in [0.29, 0.717) is 22.1 Å². The monoisotopic (exact) mass is 415 g/mol. The standard InChI is InChI=1S/C12H16Br2FNO2S/c1-8(2)5-10(7-13)16-19(17,18)12-4-3-9(14)6-11(12)15/h3-4,6,8,10,16H,5,7H2,1-2H3. The van der Waals surface area contributed by atoms with Crippen LogP contribution in [0, 0.1) is 11.7 Å². The zero-order valence-electron chi connectivity index (χ0n) is 10.7. The fourth-order valence-corrected chi connectivity index (χ4v) is 3.97. The van der Waals surface area contributed by atoms with E-state index in [4.69, 9.17) is 0 Å². The van der Waals surface area contributed by atoms with Crippen molar-refractivity contribution in [3.63, 3.8) is 0 Å². The molecule has 1 aromatic rings. The lowest BCUT2D eigenvalue weighted by Crippen LogP contribution is -2.37. The Morgan fingerprint density at radius 2 is 2.00 bits per heavy atom. The normalized spacial score (nSPS) is 13.8. The van der Waals surface area contributed by atoms with Gasteiger partial charge in [0.1, 0.15) is 10.7 Å². The van der Waals surface area contributed by atoms with Crippen LogP contribution in [0.5, 0.6) is 0 Å². The lowest BCUT2D eigenvalue weighted by Gasteiger charge is -2.18. The molecule has 1 aromatic carbocycles. The Labute approximate surface area is 130 Å². The summed E-state index contributed by atoms with van der Waals surface area (Å²) in [6, 6.07) is 3.64. The molecule has 0 amide bonds. The zero-order chi connectivity index (χ0) is 14.6. The van der Waals surface area contributed by atoms with Gasteiger partial charge in [-0.2, -0.15) is 0 Å². The van der Waals surface area contributed by atoms with Gasteiger partial charge in [-0.1, -0.05) is 45.7 Å². The molecule has 0 bridgehead atoms. The summed E-state index contributed by atoms with van der Waals surface area (Å²) in [7, 11) is -3.84. The number of alkyl halides is 1. The van der Waals surface area contributed by atoms with Crippen LogP contribution in [-0.2, 0) is 10.0 Å². The van der Waals surface area contributed by atoms with Gasteiger partial charge in [0.05, 0.1) is 0 Å². The summed E-state index contributed by atoms with van der Waals surface area (Å²) in [5.74, 6) is -0.417. The van der Waals surface area contributed by atoms with Gasteiger partial charge in [-0.15, -0.1) is 0 Å². The number of sulfonamides is 1. The van der Waals surface area contributed by atoms with Crippen LogP contribution in [0.15, 0.2) is 27.6 Å². The Kier molecular flexibility index (Phi) is 6.42. The van der Waals surface area contributed by atoms with Gasteiger partial charge >= 0.3 is 0 Å². The molecule has 3 nitrogen and oxygen atoms in total. The summed E-state index contributed by atoms with van der Waals surface area (Å²) in [6.45, 7) is 4.01. The summed E-state index contributed by atoms with van der Waals surface area (Å²) in [4.78, 5) is -0.328. The van der Waals surface area contributed by atoms with Crippen LogP contribution in [0.3, 0.4) is 0 Å². The highest BCUT2D eigenvalue weighted by Gasteiger charge is 2.23. The summed E-state index contributed by atoms with van der Waals surface area (Å²) in [5, 5.41) is 0.489. The van der Waals surface area contributed by atoms with E-state index in [2.05, 4.69) is 36.6 Å². The van der Waals surface area contributed by atoms with Crippen molar-refractivity contribution in [2.75, 3.05) is 5.33 Å². The average molecular weight is 417 g/mol. The number of rotatable bonds is 6. The molecule has 0 saturated heterocycles. The first-order valence-electron chi connectivity index (χ1n) is 5.79. The van der Waals surface area contributed by atoms with Gasteiger partial charge in [0.2, 0.25) is 10.0 Å². The van der Waals surface area contributed by atoms with Gasteiger partial charge < -0.3 is 0 Å². The van der Waals surface area contributed by atoms with Crippen molar-refractivity contribution in [1.82, 2.24) is 4.72 Å². The van der Waals surface area contributed by atoms with Crippen LogP contribution in [0.1, 0.15) is 20.3 Å². The van der Waals surface area contributed by atoms with Gasteiger partial charge in [-0.3, -0.25) is 0 Å². The summed E-state index contributed by atoms with van der Waals surface area (Å²) < 4.78 is 41.0. The molecule has 108 valence electrons. The van der Waals surface area contributed by atoms with Gasteiger partial charge in [-0.05, 0) is 30.5 Å². The third-order valence-electron chi connectivity index (χ3n) is 2.45. The summed E-state index contributed by atoms with van der Waals surface area (Å²) in [6.07, 6.45) is 0.683. The molecular formula is C12H16Br2FNO2S. The lowest BCUT2D eigenvalue weighted by atomic mass is 10.1. The second-order valence-corrected chi connectivity index (χ2v) is 7.92. The first kappa shape index (κ1) is 17.1. The minimum Gasteiger partial charge on any atom is -0.207 e. The highest BCUT2D eigenvalue weighted by molar-refractivity contribution is 9.10. The third kappa shape index (κ3) is 5.13. The number of benzene rings is 1. The lowest BCUT2D eigenvalue weighted by molar-refractivity contribution is 0.485. The maximum Gasteiger partial charge on any atom is 0.243 e. The SMILES string of the molecule is CC(C)CC(CBr)NS(=O)(=O)c1ccc(Br)cc1F. The molecule has 0 aliphatic heterocycles. The Bertz CT molecular complexity index is 535. The molecule has 0 saturated carbocycles. The van der Waals surface area contributed by atoms with E-state index < -0.39 is 15.8 Å². The Hall–Kier alpha value is 0.0200. The quantitative estimate of drug-likeness (QED) is 0.719. The molecule has 19 heavy (non-hydrogen) atoms. The summed E-state index contributed by atoms with van der Waals surface area (Å²) in [5.41, 5.74) is 0. The van der Waals surface area contributed by atoms with Gasteiger partial charge in [0.25, 0.3) is 0 Å². The van der Waals surface area contributed by atoms with E-state index in [1.54, 1.807) is 0 Å². The number of halogens is 3. The van der Waals surface area contributed by atoms with Crippen molar-refractivity contribution in [1.29, 1.82) is 0 Å². The number of hydrogen-bond donors (Lipinski definition) is 1. The van der Waals surface area contributed by atoms with E-state index in [1.807, 2.05) is 13.8 Å². The smallest absolute Gasteiger partial charge is 0.207 e. The van der Waals surface area contributed by atoms with E-state index >= 15 is 0 Å². The molecule has 0 aliphatic rings. The maximum absolute atomic E-state index is 13.7. The third-order valence-corrected chi connectivity index (χ3v) is 5.28. The first-order valence-corrected chi connectivity index (χ1v) is 9.19. The Morgan fingerprint density at radius 3 is 2.47 bits per heavy atom. The molecule has 1 atom stereocenters. The molecule has 1 N–H and O–H groups in total. The van der Waals surface area contributed by atoms with Crippen molar-refractivity contribution >= 4 is 41.9 Å². The Morgan fingerprint density at radius 1 is 1.37 bits per heavy atom. The van der Waals surface area contributed by atoms with Crippen LogP contribution < -0.4 is 4.72 Å². The van der Waals surface area contributed by atoms with Gasteiger partial charge in [0, 0.05) is 15.8 Å². The van der Waals surface area contributed by atoms with Gasteiger partial charge in [0.15, 0.2) is 0 Å². The molecule has 0 fully saturated rings. The first-order chi connectivity index (χ1) is 8.76. The average Bonchev–Trinajstić information content (AvgIpc) is 2.26.